The minimum Gasteiger partial charge on any atom is -0.363 e. The Hall–Kier alpha value is -2.75. The summed E-state index contributed by atoms with van der Waals surface area (Å²) < 4.78 is 25.2. The van der Waals surface area contributed by atoms with E-state index >= 15 is 0 Å². The van der Waals surface area contributed by atoms with Gasteiger partial charge in [-0.2, -0.15) is 0 Å². The third-order valence-electron chi connectivity index (χ3n) is 8.68. The van der Waals surface area contributed by atoms with Crippen LogP contribution in [0.2, 0.25) is 0 Å². The number of hydrogen-bond donors (Lipinski definition) is 4. The number of alkyl halides is 1. The van der Waals surface area contributed by atoms with Crippen LogP contribution in [0.1, 0.15) is 78.6 Å². The summed E-state index contributed by atoms with van der Waals surface area (Å²) in [5.41, 5.74) is 5.24. The van der Waals surface area contributed by atoms with Gasteiger partial charge in [0, 0.05) is 12.6 Å². The van der Waals surface area contributed by atoms with Crippen molar-refractivity contribution in [1.29, 1.82) is 0 Å². The van der Waals surface area contributed by atoms with Crippen LogP contribution in [0.25, 0.3) is 0 Å². The van der Waals surface area contributed by atoms with Crippen LogP contribution in [0.3, 0.4) is 0 Å². The molecule has 1 unspecified atom stereocenters. The van der Waals surface area contributed by atoms with Crippen molar-refractivity contribution in [3.8, 4) is 0 Å². The number of Topliss-reactive ketones (excluding diaryl/α,β-unsaturated/α-hetero) is 1. The van der Waals surface area contributed by atoms with Crippen molar-refractivity contribution in [2.45, 2.75) is 106 Å². The Balaban J connectivity index is 1.79. The highest BCUT2D eigenvalue weighted by atomic mass is 127. The second-order valence-corrected chi connectivity index (χ2v) is 16.0. The zero-order valence-corrected chi connectivity index (χ0v) is 29.8. The summed E-state index contributed by atoms with van der Waals surface area (Å²) in [7, 11) is -3.70. The Morgan fingerprint density at radius 3 is 2.13 bits per heavy atom. The normalized spacial score (nSPS) is 18.1. The Morgan fingerprint density at radius 2 is 1.59 bits per heavy atom. The maximum Gasteiger partial charge on any atom is 0.315 e. The molecule has 12 nitrogen and oxygen atoms in total. The molecule has 14 heteroatoms. The minimum atomic E-state index is -3.70. The van der Waals surface area contributed by atoms with Gasteiger partial charge in [-0.25, -0.2) is 13.2 Å². The van der Waals surface area contributed by atoms with Crippen LogP contribution >= 0.6 is 22.6 Å². The van der Waals surface area contributed by atoms with E-state index in [0.29, 0.717) is 25.7 Å². The molecule has 0 bridgehead atoms. The molecule has 1 aromatic rings. The number of hydrogen-bond acceptors (Lipinski definition) is 7. The van der Waals surface area contributed by atoms with Crippen molar-refractivity contribution in [1.82, 2.24) is 20.9 Å². The molecular formula is C32H48IN5O7S. The van der Waals surface area contributed by atoms with Crippen molar-refractivity contribution in [3.05, 3.63) is 30.3 Å². The van der Waals surface area contributed by atoms with Gasteiger partial charge >= 0.3 is 6.03 Å². The van der Waals surface area contributed by atoms with Crippen LogP contribution in [0, 0.1) is 17.8 Å². The average molecular weight is 774 g/mol. The molecule has 0 spiro atoms. The molecule has 2 aliphatic carbocycles. The zero-order valence-electron chi connectivity index (χ0n) is 26.9. The van der Waals surface area contributed by atoms with Crippen molar-refractivity contribution >= 4 is 62.0 Å². The number of rotatable bonds is 17. The van der Waals surface area contributed by atoms with E-state index in [4.69, 9.17) is 5.73 Å². The molecule has 46 heavy (non-hydrogen) atoms. The van der Waals surface area contributed by atoms with Crippen molar-refractivity contribution in [3.63, 3.8) is 0 Å². The summed E-state index contributed by atoms with van der Waals surface area (Å²) in [6.07, 6.45) is 6.86. The molecule has 0 radical (unpaired) electrons. The topological polar surface area (TPSA) is 185 Å². The number of urea groups is 1. The van der Waals surface area contributed by atoms with Gasteiger partial charge in [0.05, 0.1) is 16.7 Å². The molecule has 2 aliphatic rings. The third-order valence-corrected chi connectivity index (χ3v) is 11.7. The van der Waals surface area contributed by atoms with E-state index in [1.807, 2.05) is 43.4 Å². The van der Waals surface area contributed by atoms with Crippen LogP contribution in [-0.4, -0.2) is 77.3 Å². The van der Waals surface area contributed by atoms with Crippen LogP contribution < -0.4 is 21.7 Å². The minimum absolute atomic E-state index is 0.164. The number of benzene rings is 1. The first-order valence-electron chi connectivity index (χ1n) is 16.2. The summed E-state index contributed by atoms with van der Waals surface area (Å²) in [6, 6.07) is 4.64. The Labute approximate surface area is 285 Å². The van der Waals surface area contributed by atoms with Crippen LogP contribution in [-0.2, 0) is 29.0 Å². The van der Waals surface area contributed by atoms with Crippen molar-refractivity contribution in [2.24, 2.45) is 23.5 Å². The standard InChI is InChI=1S/C32H48IN5O7S/c1-4-17-38(28(33)30(41)35-24(18-21-15-16-21)27(39)29(34)40)31(42)26(22-11-7-5-8-12-22)37-32(43)36-25(20(2)3)19-46(44,45)23-13-9-6-10-14-23/h6,9-10,13-14,20-22,24-26,28H,4-5,7-8,11-12,15-19H2,1-3H3,(H2,34,40)(H,35,41)(H2,36,37,43)/t24?,25-,26+,28-/m1/s1. The first kappa shape index (κ1) is 37.7. The number of nitrogens with one attached hydrogen (secondary N) is 3. The summed E-state index contributed by atoms with van der Waals surface area (Å²) in [5, 5.41) is 8.30. The van der Waals surface area contributed by atoms with Crippen LogP contribution in [0.5, 0.6) is 0 Å². The van der Waals surface area contributed by atoms with E-state index in [2.05, 4.69) is 16.0 Å². The Morgan fingerprint density at radius 1 is 0.957 bits per heavy atom. The first-order chi connectivity index (χ1) is 21.7. The van der Waals surface area contributed by atoms with Gasteiger partial charge in [0.1, 0.15) is 6.04 Å². The maximum absolute atomic E-state index is 14.2. The molecule has 0 aromatic heterocycles. The molecule has 3 rings (SSSR count). The first-order valence-corrected chi connectivity index (χ1v) is 19.1. The number of nitrogens with two attached hydrogens (primary N) is 1. The van der Waals surface area contributed by atoms with Gasteiger partial charge in [0.2, 0.25) is 11.7 Å². The number of carbonyl (C=O) groups is 5. The lowest BCUT2D eigenvalue weighted by molar-refractivity contribution is -0.141. The quantitative estimate of drug-likeness (QED) is 0.0812. The lowest BCUT2D eigenvalue weighted by atomic mass is 9.83. The number of primary amides is 1. The van der Waals surface area contributed by atoms with Gasteiger partial charge in [-0.05, 0) is 78.2 Å². The third kappa shape index (κ3) is 10.9. The second-order valence-electron chi connectivity index (χ2n) is 12.8. The lowest BCUT2D eigenvalue weighted by Gasteiger charge is -2.36. The van der Waals surface area contributed by atoms with Gasteiger partial charge in [0.25, 0.3) is 11.8 Å². The summed E-state index contributed by atoms with van der Waals surface area (Å²) in [4.78, 5) is 66.8. The van der Waals surface area contributed by atoms with E-state index in [-0.39, 0.29) is 34.9 Å². The number of carbonyl (C=O) groups excluding carboxylic acids is 5. The molecule has 0 saturated heterocycles. The summed E-state index contributed by atoms with van der Waals surface area (Å²) >= 11 is 1.85. The van der Waals surface area contributed by atoms with E-state index < -0.39 is 61.5 Å². The van der Waals surface area contributed by atoms with Gasteiger partial charge < -0.3 is 26.6 Å². The van der Waals surface area contributed by atoms with Gasteiger partial charge in [-0.3, -0.25) is 19.2 Å². The number of ketones is 1. The predicted octanol–water partition coefficient (Wildman–Crippen LogP) is 3.07. The Bertz CT molecular complexity index is 1330. The number of halogens is 1. The number of sulfone groups is 1. The number of nitrogens with zero attached hydrogens (tertiary/aromatic N) is 1. The van der Waals surface area contributed by atoms with Gasteiger partial charge in [0.15, 0.2) is 13.9 Å². The smallest absolute Gasteiger partial charge is 0.315 e. The number of amides is 5. The Kier molecular flexibility index (Phi) is 14.3. The zero-order chi connectivity index (χ0) is 34.0. The molecule has 4 atom stereocenters. The molecular weight excluding hydrogens is 725 g/mol. The second kappa shape index (κ2) is 17.4. The molecule has 5 amide bonds. The highest BCUT2D eigenvalue weighted by Gasteiger charge is 2.40. The van der Waals surface area contributed by atoms with Gasteiger partial charge in [-0.15, -0.1) is 0 Å². The largest absolute Gasteiger partial charge is 0.363 e. The molecule has 2 saturated carbocycles. The molecule has 1 aromatic carbocycles. The fourth-order valence-corrected chi connectivity index (χ4v) is 8.23. The monoisotopic (exact) mass is 773 g/mol. The molecule has 0 aliphatic heterocycles. The molecule has 2 fully saturated rings. The van der Waals surface area contributed by atoms with E-state index in [0.717, 1.165) is 32.1 Å². The molecule has 0 heterocycles. The van der Waals surface area contributed by atoms with Crippen molar-refractivity contribution < 1.29 is 32.4 Å². The fraction of sp³-hybridized carbons (Fsp3) is 0.656. The van der Waals surface area contributed by atoms with Crippen LogP contribution in [0.4, 0.5) is 4.79 Å². The van der Waals surface area contributed by atoms with E-state index in [9.17, 15) is 32.4 Å². The molecule has 256 valence electrons. The predicted molar refractivity (Wildman–Crippen MR) is 182 cm³/mol. The summed E-state index contributed by atoms with van der Waals surface area (Å²) in [6.45, 7) is 5.71. The average Bonchev–Trinajstić information content (AvgIpc) is 3.85. The van der Waals surface area contributed by atoms with E-state index in [1.54, 1.807) is 18.2 Å². The fourth-order valence-electron chi connectivity index (χ4n) is 5.79. The van der Waals surface area contributed by atoms with E-state index in [1.165, 1.54) is 17.0 Å². The summed E-state index contributed by atoms with van der Waals surface area (Å²) in [5.74, 6) is -3.51. The SMILES string of the molecule is CCCN(C(=O)[C@@H](NC(=O)N[C@H](CS(=O)(=O)c1ccccc1)C(C)C)C1CCCCC1)[C@@H](I)C(=O)NC(CC1CC1)C(=O)C(N)=O. The van der Waals surface area contributed by atoms with Crippen LogP contribution in [0.15, 0.2) is 35.2 Å². The highest BCUT2D eigenvalue weighted by molar-refractivity contribution is 14.1. The van der Waals surface area contributed by atoms with Gasteiger partial charge in [-0.1, -0.05) is 71.1 Å². The highest BCUT2D eigenvalue weighted by Crippen LogP contribution is 2.34. The lowest BCUT2D eigenvalue weighted by Crippen LogP contribution is -2.60. The maximum atomic E-state index is 14.2. The molecule has 5 N–H and O–H groups in total. The van der Waals surface area contributed by atoms with Crippen molar-refractivity contribution in [2.75, 3.05) is 12.3 Å².